The molecule has 1 amide bonds. The predicted octanol–water partition coefficient (Wildman–Crippen LogP) is 4.29. The van der Waals surface area contributed by atoms with Crippen molar-refractivity contribution in [2.45, 2.75) is 12.5 Å². The van der Waals surface area contributed by atoms with Crippen LogP contribution in [-0.4, -0.2) is 71.0 Å². The third-order valence-electron chi connectivity index (χ3n) is 6.46. The number of para-hydroxylation sites is 1. The van der Waals surface area contributed by atoms with Crippen LogP contribution in [0.4, 0.5) is 15.9 Å². The number of halogens is 1. The summed E-state index contributed by atoms with van der Waals surface area (Å²) in [6, 6.07) is 12.3. The number of carbonyl (C=O) groups is 1. The maximum absolute atomic E-state index is 14.1. The fourth-order valence-corrected chi connectivity index (χ4v) is 4.48. The zero-order valence-corrected chi connectivity index (χ0v) is 19.9. The van der Waals surface area contributed by atoms with E-state index in [0.717, 1.165) is 24.9 Å². The summed E-state index contributed by atoms with van der Waals surface area (Å²) in [4.78, 5) is 29.1. The number of rotatable bonds is 6. The minimum absolute atomic E-state index is 0.0389. The fourth-order valence-electron chi connectivity index (χ4n) is 4.48. The van der Waals surface area contributed by atoms with Gasteiger partial charge in [0.25, 0.3) is 5.91 Å². The first-order valence-electron chi connectivity index (χ1n) is 11.4. The average Bonchev–Trinajstić information content (AvgIpc) is 3.51. The topological polar surface area (TPSA) is 86.4 Å². The Bertz CT molecular complexity index is 1390. The molecule has 0 bridgehead atoms. The molecule has 0 radical (unpaired) electrons. The van der Waals surface area contributed by atoms with E-state index < -0.39 is 0 Å². The lowest BCUT2D eigenvalue weighted by Crippen LogP contribution is -2.38. The minimum atomic E-state index is -0.319. The zero-order valence-electron chi connectivity index (χ0n) is 19.9. The van der Waals surface area contributed by atoms with Crippen molar-refractivity contribution in [1.29, 1.82) is 0 Å². The summed E-state index contributed by atoms with van der Waals surface area (Å²) in [5, 5.41) is 3.98. The summed E-state index contributed by atoms with van der Waals surface area (Å²) in [5.74, 6) is 0.654. The van der Waals surface area contributed by atoms with Crippen LogP contribution >= 0.6 is 0 Å². The van der Waals surface area contributed by atoms with Gasteiger partial charge in [0.05, 0.1) is 36.4 Å². The van der Waals surface area contributed by atoms with Crippen LogP contribution < -0.4 is 10.1 Å². The number of methoxy groups -OCH3 is 1. The average molecular weight is 475 g/mol. The van der Waals surface area contributed by atoms with Gasteiger partial charge in [0, 0.05) is 30.6 Å². The molecule has 1 saturated heterocycles. The van der Waals surface area contributed by atoms with Gasteiger partial charge in [-0.3, -0.25) is 9.78 Å². The van der Waals surface area contributed by atoms with E-state index in [9.17, 15) is 9.18 Å². The highest BCUT2D eigenvalue weighted by atomic mass is 19.1. The standard InChI is InChI=1S/C26H27FN6O2/c1-32-10-9-18(15-32)33(2)26(34)17-7-8-20(23(12-17)35-3)29-24-14-28-13-22(30-24)21-11-16-5-4-6-19(27)25(16)31-21/h4-8,11-14,18,31H,9-10,15H2,1-3H3,(H,29,30). The molecule has 35 heavy (non-hydrogen) atoms. The molecule has 0 aliphatic carbocycles. The minimum Gasteiger partial charge on any atom is -0.495 e. The number of aromatic amines is 1. The number of fused-ring (bicyclic) bond motifs is 1. The molecule has 1 aliphatic rings. The number of likely N-dealkylation sites (tertiary alicyclic amines) is 1. The van der Waals surface area contributed by atoms with Crippen LogP contribution in [0.25, 0.3) is 22.3 Å². The third kappa shape index (κ3) is 4.54. The van der Waals surface area contributed by atoms with Gasteiger partial charge < -0.3 is 24.8 Å². The molecule has 0 saturated carbocycles. The number of ether oxygens (including phenoxy) is 1. The second kappa shape index (κ2) is 9.34. The van der Waals surface area contributed by atoms with E-state index in [1.807, 2.05) is 24.1 Å². The molecule has 2 N–H and O–H groups in total. The van der Waals surface area contributed by atoms with E-state index >= 15 is 0 Å². The molecule has 2 aromatic carbocycles. The second-order valence-corrected chi connectivity index (χ2v) is 8.84. The normalized spacial score (nSPS) is 15.9. The number of hydrogen-bond donors (Lipinski definition) is 2. The molecule has 3 heterocycles. The fraction of sp³-hybridized carbons (Fsp3) is 0.269. The molecule has 4 aromatic rings. The predicted molar refractivity (Wildman–Crippen MR) is 134 cm³/mol. The number of likely N-dealkylation sites (N-methyl/N-ethyl adjacent to an activating group) is 2. The molecule has 1 aliphatic heterocycles. The van der Waals surface area contributed by atoms with Gasteiger partial charge in [-0.25, -0.2) is 9.37 Å². The van der Waals surface area contributed by atoms with Crippen molar-refractivity contribution in [2.75, 3.05) is 39.6 Å². The molecule has 5 rings (SSSR count). The molecule has 0 spiro atoms. The van der Waals surface area contributed by atoms with Crippen LogP contribution in [0.1, 0.15) is 16.8 Å². The van der Waals surface area contributed by atoms with Crippen molar-refractivity contribution in [3.63, 3.8) is 0 Å². The van der Waals surface area contributed by atoms with Crippen molar-refractivity contribution in [1.82, 2.24) is 24.8 Å². The van der Waals surface area contributed by atoms with E-state index in [4.69, 9.17) is 4.74 Å². The van der Waals surface area contributed by atoms with Crippen LogP contribution in [-0.2, 0) is 0 Å². The Kier molecular flexibility index (Phi) is 6.08. The van der Waals surface area contributed by atoms with Crippen molar-refractivity contribution in [2.24, 2.45) is 0 Å². The summed E-state index contributed by atoms with van der Waals surface area (Å²) >= 11 is 0. The second-order valence-electron chi connectivity index (χ2n) is 8.84. The number of H-pyrrole nitrogens is 1. The number of nitrogens with zero attached hydrogens (tertiary/aromatic N) is 4. The van der Waals surface area contributed by atoms with Gasteiger partial charge >= 0.3 is 0 Å². The quantitative estimate of drug-likeness (QED) is 0.434. The number of anilines is 2. The largest absolute Gasteiger partial charge is 0.495 e. The van der Waals surface area contributed by atoms with Gasteiger partial charge in [0.15, 0.2) is 0 Å². The Morgan fingerprint density at radius 2 is 2.11 bits per heavy atom. The van der Waals surface area contributed by atoms with Gasteiger partial charge in [0.1, 0.15) is 23.1 Å². The summed E-state index contributed by atoms with van der Waals surface area (Å²) in [5.41, 5.74) is 2.87. The lowest BCUT2D eigenvalue weighted by molar-refractivity contribution is 0.0737. The van der Waals surface area contributed by atoms with Gasteiger partial charge in [-0.1, -0.05) is 12.1 Å². The number of benzene rings is 2. The van der Waals surface area contributed by atoms with E-state index in [0.29, 0.717) is 39.7 Å². The summed E-state index contributed by atoms with van der Waals surface area (Å²) in [6.07, 6.45) is 4.17. The first-order valence-corrected chi connectivity index (χ1v) is 11.4. The number of hydrogen-bond acceptors (Lipinski definition) is 6. The number of carbonyl (C=O) groups excluding carboxylic acids is 1. The molecule has 1 fully saturated rings. The van der Waals surface area contributed by atoms with Gasteiger partial charge in [-0.15, -0.1) is 0 Å². The van der Waals surface area contributed by atoms with Gasteiger partial charge in [0.2, 0.25) is 0 Å². The maximum Gasteiger partial charge on any atom is 0.254 e. The number of aromatic nitrogens is 3. The molecule has 1 unspecified atom stereocenters. The zero-order chi connectivity index (χ0) is 24.5. The lowest BCUT2D eigenvalue weighted by atomic mass is 10.1. The first kappa shape index (κ1) is 22.8. The first-order chi connectivity index (χ1) is 16.9. The molecule has 180 valence electrons. The molecule has 9 heteroatoms. The van der Waals surface area contributed by atoms with Crippen LogP contribution in [0.15, 0.2) is 54.9 Å². The maximum atomic E-state index is 14.1. The Hall–Kier alpha value is -3.98. The SMILES string of the molecule is COc1cc(C(=O)N(C)C2CCN(C)C2)ccc1Nc1cncc(-c2cc3cccc(F)c3[nH]2)n1. The Morgan fingerprint density at radius 1 is 1.26 bits per heavy atom. The molecule has 1 atom stereocenters. The Morgan fingerprint density at radius 3 is 2.86 bits per heavy atom. The smallest absolute Gasteiger partial charge is 0.254 e. The lowest BCUT2D eigenvalue weighted by Gasteiger charge is -2.25. The van der Waals surface area contributed by atoms with Crippen LogP contribution in [0.2, 0.25) is 0 Å². The van der Waals surface area contributed by atoms with Crippen molar-refractivity contribution >= 4 is 28.3 Å². The van der Waals surface area contributed by atoms with Crippen molar-refractivity contribution < 1.29 is 13.9 Å². The molecule has 8 nitrogen and oxygen atoms in total. The number of nitrogens with one attached hydrogen (secondary N) is 2. The summed E-state index contributed by atoms with van der Waals surface area (Å²) in [7, 11) is 5.48. The third-order valence-corrected chi connectivity index (χ3v) is 6.46. The van der Waals surface area contributed by atoms with E-state index in [-0.39, 0.29) is 17.8 Å². The van der Waals surface area contributed by atoms with E-state index in [1.165, 1.54) is 6.07 Å². The van der Waals surface area contributed by atoms with Crippen LogP contribution in [0.5, 0.6) is 5.75 Å². The van der Waals surface area contributed by atoms with Crippen molar-refractivity contribution in [3.8, 4) is 17.1 Å². The monoisotopic (exact) mass is 474 g/mol. The van der Waals surface area contributed by atoms with Gasteiger partial charge in [-0.2, -0.15) is 0 Å². The van der Waals surface area contributed by atoms with Gasteiger partial charge in [-0.05, 0) is 50.3 Å². The van der Waals surface area contributed by atoms with Crippen LogP contribution in [0.3, 0.4) is 0 Å². The molecular formula is C26H27FN6O2. The number of amides is 1. The summed E-state index contributed by atoms with van der Waals surface area (Å²) < 4.78 is 19.6. The molecule has 2 aromatic heterocycles. The Labute approximate surface area is 202 Å². The van der Waals surface area contributed by atoms with Crippen molar-refractivity contribution in [3.05, 3.63) is 66.2 Å². The summed E-state index contributed by atoms with van der Waals surface area (Å²) in [6.45, 7) is 1.86. The Balaban J connectivity index is 1.37. The highest BCUT2D eigenvalue weighted by Gasteiger charge is 2.27. The van der Waals surface area contributed by atoms with E-state index in [1.54, 1.807) is 43.8 Å². The molecular weight excluding hydrogens is 447 g/mol. The highest BCUT2D eigenvalue weighted by molar-refractivity contribution is 5.95. The van der Waals surface area contributed by atoms with Crippen LogP contribution in [0, 0.1) is 5.82 Å². The van der Waals surface area contributed by atoms with E-state index in [2.05, 4.69) is 32.2 Å². The highest BCUT2D eigenvalue weighted by Crippen LogP contribution is 2.30.